The van der Waals surface area contributed by atoms with Gasteiger partial charge in [0.1, 0.15) is 0 Å². The number of aromatic nitrogens is 1. The molecule has 1 aromatic heterocycles. The minimum atomic E-state index is -3.67. The van der Waals surface area contributed by atoms with Gasteiger partial charge in [0.05, 0.1) is 0 Å². The summed E-state index contributed by atoms with van der Waals surface area (Å²) in [5.41, 5.74) is 1.43. The van der Waals surface area contributed by atoms with Crippen molar-refractivity contribution in [2.45, 2.75) is 18.5 Å². The molecule has 1 aromatic carbocycles. The van der Waals surface area contributed by atoms with E-state index in [1.54, 1.807) is 30.5 Å². The van der Waals surface area contributed by atoms with Gasteiger partial charge in [-0.3, -0.25) is 4.72 Å². The topological polar surface area (TPSA) is 71.1 Å². The molecule has 0 amide bonds. The van der Waals surface area contributed by atoms with Gasteiger partial charge in [-0.05, 0) is 36.4 Å². The Morgan fingerprint density at radius 1 is 1.24 bits per heavy atom. The molecule has 2 aromatic rings. The van der Waals surface area contributed by atoms with Crippen LogP contribution in [0.25, 0.3) is 0 Å². The fourth-order valence-corrected chi connectivity index (χ4v) is 3.08. The van der Waals surface area contributed by atoms with Gasteiger partial charge in [0.2, 0.25) is 0 Å². The zero-order valence-corrected chi connectivity index (χ0v) is 13.9. The van der Waals surface area contributed by atoms with E-state index in [1.165, 1.54) is 6.07 Å². The van der Waals surface area contributed by atoms with Crippen LogP contribution in [0.3, 0.4) is 0 Å². The van der Waals surface area contributed by atoms with Crippen LogP contribution >= 0.6 is 15.9 Å². The van der Waals surface area contributed by atoms with E-state index >= 15 is 0 Å². The molecule has 0 atom stereocenters. The number of rotatable bonds is 6. The summed E-state index contributed by atoms with van der Waals surface area (Å²) in [5, 5.41) is 3.16. The summed E-state index contributed by atoms with van der Waals surface area (Å²) in [6, 6.07) is 10.2. The predicted octanol–water partition coefficient (Wildman–Crippen LogP) is 2.75. The standard InChI is InChI=1S/C14H16BrN3O2S/c1-2-16-9-11-6-7-14(17-10-11)21(19,20)18-13-5-3-4-12(15)8-13/h3-8,10,16,18H,2,9H2,1H3. The maximum Gasteiger partial charge on any atom is 0.279 e. The second-order valence-corrected chi connectivity index (χ2v) is 6.95. The van der Waals surface area contributed by atoms with Crippen LogP contribution in [0.5, 0.6) is 0 Å². The zero-order valence-electron chi connectivity index (χ0n) is 11.5. The number of nitrogens with one attached hydrogen (secondary N) is 2. The van der Waals surface area contributed by atoms with Crippen molar-refractivity contribution in [2.75, 3.05) is 11.3 Å². The van der Waals surface area contributed by atoms with Crippen LogP contribution in [0.1, 0.15) is 12.5 Å². The molecule has 0 saturated carbocycles. The van der Waals surface area contributed by atoms with E-state index < -0.39 is 10.0 Å². The van der Waals surface area contributed by atoms with Crippen molar-refractivity contribution >= 4 is 31.6 Å². The number of hydrogen-bond acceptors (Lipinski definition) is 4. The molecule has 112 valence electrons. The molecule has 0 spiro atoms. The Labute approximate surface area is 133 Å². The van der Waals surface area contributed by atoms with Gasteiger partial charge in [-0.2, -0.15) is 8.42 Å². The third-order valence-electron chi connectivity index (χ3n) is 2.73. The molecule has 1 heterocycles. The van der Waals surface area contributed by atoms with E-state index in [-0.39, 0.29) is 5.03 Å². The van der Waals surface area contributed by atoms with Crippen molar-refractivity contribution in [3.05, 3.63) is 52.6 Å². The molecule has 0 unspecified atom stereocenters. The molecule has 2 rings (SSSR count). The van der Waals surface area contributed by atoms with Gasteiger partial charge in [-0.1, -0.05) is 35.0 Å². The summed E-state index contributed by atoms with van der Waals surface area (Å²) in [4.78, 5) is 4.02. The van der Waals surface area contributed by atoms with Crippen molar-refractivity contribution in [1.29, 1.82) is 0 Å². The molecular formula is C14H16BrN3O2S. The van der Waals surface area contributed by atoms with Crippen molar-refractivity contribution in [3.8, 4) is 0 Å². The van der Waals surface area contributed by atoms with Gasteiger partial charge >= 0.3 is 0 Å². The Bertz CT molecular complexity index is 702. The fraction of sp³-hybridized carbons (Fsp3) is 0.214. The van der Waals surface area contributed by atoms with E-state index in [4.69, 9.17) is 0 Å². The summed E-state index contributed by atoms with van der Waals surface area (Å²) in [5.74, 6) is 0. The van der Waals surface area contributed by atoms with Crippen LogP contribution in [0, 0.1) is 0 Å². The normalized spacial score (nSPS) is 11.3. The highest BCUT2D eigenvalue weighted by atomic mass is 79.9. The number of pyridine rings is 1. The Balaban J connectivity index is 2.15. The van der Waals surface area contributed by atoms with Gasteiger partial charge < -0.3 is 5.32 Å². The number of halogens is 1. The maximum absolute atomic E-state index is 12.2. The second-order valence-electron chi connectivity index (χ2n) is 4.40. The largest absolute Gasteiger partial charge is 0.313 e. The molecule has 0 bridgehead atoms. The lowest BCUT2D eigenvalue weighted by atomic mass is 10.3. The van der Waals surface area contributed by atoms with Gasteiger partial charge in [0.15, 0.2) is 5.03 Å². The van der Waals surface area contributed by atoms with E-state index in [0.717, 1.165) is 16.6 Å². The van der Waals surface area contributed by atoms with Crippen molar-refractivity contribution in [2.24, 2.45) is 0 Å². The zero-order chi connectivity index (χ0) is 15.3. The molecule has 0 aliphatic heterocycles. The summed E-state index contributed by atoms with van der Waals surface area (Å²) in [6.45, 7) is 3.53. The first-order valence-electron chi connectivity index (χ1n) is 6.45. The predicted molar refractivity (Wildman–Crippen MR) is 86.6 cm³/mol. The molecule has 0 saturated heterocycles. The second kappa shape index (κ2) is 7.02. The number of hydrogen-bond donors (Lipinski definition) is 2. The first-order chi connectivity index (χ1) is 10.0. The van der Waals surface area contributed by atoms with E-state index in [2.05, 4.69) is 31.0 Å². The fourth-order valence-electron chi connectivity index (χ4n) is 1.70. The van der Waals surface area contributed by atoms with Crippen molar-refractivity contribution in [1.82, 2.24) is 10.3 Å². The van der Waals surface area contributed by atoms with Gasteiger partial charge in [-0.15, -0.1) is 0 Å². The first-order valence-corrected chi connectivity index (χ1v) is 8.73. The maximum atomic E-state index is 12.2. The molecule has 2 N–H and O–H groups in total. The van der Waals surface area contributed by atoms with Gasteiger partial charge in [0, 0.05) is 22.9 Å². The molecule has 7 heteroatoms. The van der Waals surface area contributed by atoms with E-state index in [0.29, 0.717) is 12.2 Å². The van der Waals surface area contributed by atoms with Crippen LogP contribution in [0.2, 0.25) is 0 Å². The summed E-state index contributed by atoms with van der Waals surface area (Å²) in [7, 11) is -3.67. The Hall–Kier alpha value is -1.44. The molecule has 0 fully saturated rings. The van der Waals surface area contributed by atoms with Crippen LogP contribution in [0.15, 0.2) is 52.1 Å². The lowest BCUT2D eigenvalue weighted by molar-refractivity contribution is 0.597. The molecule has 21 heavy (non-hydrogen) atoms. The number of anilines is 1. The molecule has 0 aliphatic rings. The van der Waals surface area contributed by atoms with Crippen LogP contribution < -0.4 is 10.0 Å². The molecule has 5 nitrogen and oxygen atoms in total. The quantitative estimate of drug-likeness (QED) is 0.820. The lowest BCUT2D eigenvalue weighted by Gasteiger charge is -2.08. The summed E-state index contributed by atoms with van der Waals surface area (Å²) < 4.78 is 27.8. The smallest absolute Gasteiger partial charge is 0.279 e. The number of sulfonamides is 1. The van der Waals surface area contributed by atoms with E-state index in [9.17, 15) is 8.42 Å². The third-order valence-corrected chi connectivity index (χ3v) is 4.52. The first kappa shape index (κ1) is 15.9. The average Bonchev–Trinajstić information content (AvgIpc) is 2.45. The molecule has 0 radical (unpaired) electrons. The van der Waals surface area contributed by atoms with Crippen LogP contribution in [-0.4, -0.2) is 19.9 Å². The SMILES string of the molecule is CCNCc1ccc(S(=O)(=O)Nc2cccc(Br)c2)nc1. The number of benzene rings is 1. The average molecular weight is 370 g/mol. The van der Waals surface area contributed by atoms with E-state index in [1.807, 2.05) is 13.0 Å². The highest BCUT2D eigenvalue weighted by Crippen LogP contribution is 2.19. The Morgan fingerprint density at radius 2 is 2.05 bits per heavy atom. The summed E-state index contributed by atoms with van der Waals surface area (Å²) in [6.07, 6.45) is 1.57. The highest BCUT2D eigenvalue weighted by molar-refractivity contribution is 9.10. The summed E-state index contributed by atoms with van der Waals surface area (Å²) >= 11 is 3.30. The van der Waals surface area contributed by atoms with Crippen molar-refractivity contribution in [3.63, 3.8) is 0 Å². The molecule has 0 aliphatic carbocycles. The monoisotopic (exact) mass is 369 g/mol. The minimum Gasteiger partial charge on any atom is -0.313 e. The highest BCUT2D eigenvalue weighted by Gasteiger charge is 2.15. The number of nitrogens with zero attached hydrogens (tertiary/aromatic N) is 1. The Kier molecular flexibility index (Phi) is 5.33. The van der Waals surface area contributed by atoms with Gasteiger partial charge in [0.25, 0.3) is 10.0 Å². The van der Waals surface area contributed by atoms with Gasteiger partial charge in [-0.25, -0.2) is 4.98 Å². The molecular weight excluding hydrogens is 354 g/mol. The Morgan fingerprint density at radius 3 is 2.67 bits per heavy atom. The van der Waals surface area contributed by atoms with Crippen LogP contribution in [-0.2, 0) is 16.6 Å². The minimum absolute atomic E-state index is 0.00252. The van der Waals surface area contributed by atoms with Crippen LogP contribution in [0.4, 0.5) is 5.69 Å². The third kappa shape index (κ3) is 4.52. The van der Waals surface area contributed by atoms with Crippen molar-refractivity contribution < 1.29 is 8.42 Å². The lowest BCUT2D eigenvalue weighted by Crippen LogP contribution is -2.15.